The van der Waals surface area contributed by atoms with Crippen molar-refractivity contribution in [3.8, 4) is 5.75 Å². The molecule has 0 radical (unpaired) electrons. The van der Waals surface area contributed by atoms with Gasteiger partial charge in [-0.25, -0.2) is 17.1 Å². The molecule has 8 heteroatoms. The van der Waals surface area contributed by atoms with E-state index in [1.807, 2.05) is 0 Å². The van der Waals surface area contributed by atoms with Crippen LogP contribution in [-0.4, -0.2) is 39.8 Å². The Labute approximate surface area is 152 Å². The number of hydrogen-bond donors (Lipinski definition) is 1. The molecular weight excluding hydrogens is 359 g/mol. The highest BCUT2D eigenvalue weighted by Crippen LogP contribution is 2.27. The molecule has 26 heavy (non-hydrogen) atoms. The fraction of sp³-hybridized carbons (Fsp3) is 0.278. The molecule has 1 atom stereocenters. The Kier molecular flexibility index (Phi) is 5.99. The van der Waals surface area contributed by atoms with Crippen molar-refractivity contribution in [3.63, 3.8) is 0 Å². The number of hydrogen-bond acceptors (Lipinski definition) is 4. The van der Waals surface area contributed by atoms with E-state index in [4.69, 9.17) is 4.74 Å². The Bertz CT molecular complexity index is 896. The highest BCUT2D eigenvalue weighted by Gasteiger charge is 2.24. The Balaban J connectivity index is 2.30. The standard InChI is InChI=1S/C18H21FN2O4S/c1-12(13-5-8-15(19)9-6-13)20-18(22)14-7-10-16(25-4)17(11-14)26(23,24)21(2)3/h5-12H,1-4H3,(H,20,22). The fourth-order valence-electron chi connectivity index (χ4n) is 2.33. The van der Waals surface area contributed by atoms with Crippen LogP contribution in [0.5, 0.6) is 5.75 Å². The van der Waals surface area contributed by atoms with Crippen LogP contribution in [-0.2, 0) is 10.0 Å². The first-order valence-electron chi connectivity index (χ1n) is 7.83. The van der Waals surface area contributed by atoms with Crippen molar-refractivity contribution >= 4 is 15.9 Å². The van der Waals surface area contributed by atoms with Gasteiger partial charge in [-0.05, 0) is 42.8 Å². The Morgan fingerprint density at radius 2 is 1.77 bits per heavy atom. The van der Waals surface area contributed by atoms with Gasteiger partial charge < -0.3 is 10.1 Å². The summed E-state index contributed by atoms with van der Waals surface area (Å²) in [5, 5.41) is 2.77. The van der Waals surface area contributed by atoms with Gasteiger partial charge in [0, 0.05) is 19.7 Å². The largest absolute Gasteiger partial charge is 0.495 e. The molecule has 6 nitrogen and oxygen atoms in total. The number of sulfonamides is 1. The number of carbonyl (C=O) groups excluding carboxylic acids is 1. The van der Waals surface area contributed by atoms with Gasteiger partial charge in [0.2, 0.25) is 10.0 Å². The van der Waals surface area contributed by atoms with Gasteiger partial charge in [0.15, 0.2) is 0 Å². The average Bonchev–Trinajstić information content (AvgIpc) is 2.61. The van der Waals surface area contributed by atoms with Crippen LogP contribution in [0.25, 0.3) is 0 Å². The Morgan fingerprint density at radius 1 is 1.15 bits per heavy atom. The quantitative estimate of drug-likeness (QED) is 0.836. The third-order valence-corrected chi connectivity index (χ3v) is 5.74. The van der Waals surface area contributed by atoms with E-state index in [-0.39, 0.29) is 28.1 Å². The van der Waals surface area contributed by atoms with Crippen molar-refractivity contribution in [2.75, 3.05) is 21.2 Å². The molecule has 1 unspecified atom stereocenters. The molecule has 0 aliphatic carbocycles. The lowest BCUT2D eigenvalue weighted by Crippen LogP contribution is -2.27. The van der Waals surface area contributed by atoms with Crippen LogP contribution in [0.15, 0.2) is 47.4 Å². The number of methoxy groups -OCH3 is 1. The van der Waals surface area contributed by atoms with Gasteiger partial charge in [-0.3, -0.25) is 4.79 Å². The van der Waals surface area contributed by atoms with Crippen LogP contribution in [0.2, 0.25) is 0 Å². The fourth-order valence-corrected chi connectivity index (χ4v) is 3.41. The van der Waals surface area contributed by atoms with E-state index in [1.54, 1.807) is 19.1 Å². The van der Waals surface area contributed by atoms with Crippen LogP contribution in [0, 0.1) is 5.82 Å². The molecule has 2 aromatic rings. The topological polar surface area (TPSA) is 75.7 Å². The summed E-state index contributed by atoms with van der Waals surface area (Å²) in [4.78, 5) is 12.4. The number of benzene rings is 2. The summed E-state index contributed by atoms with van der Waals surface area (Å²) in [7, 11) is 0.389. The molecule has 0 fully saturated rings. The smallest absolute Gasteiger partial charge is 0.251 e. The second-order valence-electron chi connectivity index (χ2n) is 5.90. The van der Waals surface area contributed by atoms with Gasteiger partial charge in [-0.2, -0.15) is 0 Å². The lowest BCUT2D eigenvalue weighted by atomic mass is 10.1. The van der Waals surface area contributed by atoms with Gasteiger partial charge in [-0.1, -0.05) is 12.1 Å². The number of rotatable bonds is 6. The van der Waals surface area contributed by atoms with Gasteiger partial charge in [0.25, 0.3) is 5.91 Å². The highest BCUT2D eigenvalue weighted by molar-refractivity contribution is 7.89. The Hall–Kier alpha value is -2.45. The molecule has 140 valence electrons. The normalized spacial score (nSPS) is 12.7. The molecule has 0 aromatic heterocycles. The summed E-state index contributed by atoms with van der Waals surface area (Å²) in [5.41, 5.74) is 0.912. The van der Waals surface area contributed by atoms with Gasteiger partial charge >= 0.3 is 0 Å². The van der Waals surface area contributed by atoms with Crippen molar-refractivity contribution in [3.05, 3.63) is 59.4 Å². The van der Waals surface area contributed by atoms with E-state index in [0.717, 1.165) is 9.87 Å². The summed E-state index contributed by atoms with van der Waals surface area (Å²) in [6.07, 6.45) is 0. The second kappa shape index (κ2) is 7.84. The zero-order valence-corrected chi connectivity index (χ0v) is 15.8. The zero-order chi connectivity index (χ0) is 19.5. The highest BCUT2D eigenvalue weighted by atomic mass is 32.2. The molecule has 2 aromatic carbocycles. The summed E-state index contributed by atoms with van der Waals surface area (Å²) in [6.45, 7) is 1.76. The first-order chi connectivity index (χ1) is 12.2. The van der Waals surface area contributed by atoms with Crippen LogP contribution >= 0.6 is 0 Å². The molecule has 2 rings (SSSR count). The molecular formula is C18H21FN2O4S. The number of halogens is 1. The van der Waals surface area contributed by atoms with Gasteiger partial charge in [0.05, 0.1) is 13.2 Å². The number of nitrogens with zero attached hydrogens (tertiary/aromatic N) is 1. The first kappa shape index (κ1) is 19.9. The Morgan fingerprint density at radius 3 is 2.31 bits per heavy atom. The number of amides is 1. The van der Waals surface area contributed by atoms with Crippen molar-refractivity contribution in [2.24, 2.45) is 0 Å². The molecule has 0 bridgehead atoms. The van der Waals surface area contributed by atoms with Crippen LogP contribution in [0.3, 0.4) is 0 Å². The second-order valence-corrected chi connectivity index (χ2v) is 8.02. The molecule has 0 aliphatic rings. The lowest BCUT2D eigenvalue weighted by Gasteiger charge is -2.17. The maximum Gasteiger partial charge on any atom is 0.251 e. The summed E-state index contributed by atoms with van der Waals surface area (Å²) in [5.74, 6) is -0.650. The van der Waals surface area contributed by atoms with Crippen LogP contribution in [0.4, 0.5) is 4.39 Å². The minimum absolute atomic E-state index is 0.0907. The molecule has 0 saturated heterocycles. The van der Waals surface area contributed by atoms with E-state index < -0.39 is 15.9 Å². The van der Waals surface area contributed by atoms with Crippen molar-refractivity contribution in [1.29, 1.82) is 0 Å². The predicted octanol–water partition coefficient (Wildman–Crippen LogP) is 2.58. The maximum absolute atomic E-state index is 13.0. The molecule has 0 heterocycles. The van der Waals surface area contributed by atoms with Crippen molar-refractivity contribution in [1.82, 2.24) is 9.62 Å². The van der Waals surface area contributed by atoms with E-state index >= 15 is 0 Å². The third-order valence-electron chi connectivity index (χ3n) is 3.90. The van der Waals surface area contributed by atoms with Gasteiger partial charge in [-0.15, -0.1) is 0 Å². The van der Waals surface area contributed by atoms with E-state index in [2.05, 4.69) is 5.32 Å². The SMILES string of the molecule is COc1ccc(C(=O)NC(C)c2ccc(F)cc2)cc1S(=O)(=O)N(C)C. The number of nitrogens with one attached hydrogen (secondary N) is 1. The molecule has 0 saturated carbocycles. The zero-order valence-electron chi connectivity index (χ0n) is 15.0. The van der Waals surface area contributed by atoms with E-state index in [0.29, 0.717) is 0 Å². The molecule has 0 spiro atoms. The van der Waals surface area contributed by atoms with Gasteiger partial charge in [0.1, 0.15) is 16.5 Å². The minimum atomic E-state index is -3.77. The molecule has 1 amide bonds. The first-order valence-corrected chi connectivity index (χ1v) is 9.27. The predicted molar refractivity (Wildman–Crippen MR) is 96.1 cm³/mol. The van der Waals surface area contributed by atoms with Crippen LogP contribution < -0.4 is 10.1 Å². The number of ether oxygens (including phenoxy) is 1. The average molecular weight is 380 g/mol. The minimum Gasteiger partial charge on any atom is -0.495 e. The van der Waals surface area contributed by atoms with E-state index in [1.165, 1.54) is 51.5 Å². The lowest BCUT2D eigenvalue weighted by molar-refractivity contribution is 0.0939. The summed E-state index contributed by atoms with van der Waals surface area (Å²) in [6, 6.07) is 9.61. The molecule has 1 N–H and O–H groups in total. The van der Waals surface area contributed by atoms with E-state index in [9.17, 15) is 17.6 Å². The summed E-state index contributed by atoms with van der Waals surface area (Å²) < 4.78 is 44.0. The van der Waals surface area contributed by atoms with Crippen molar-refractivity contribution < 1.29 is 22.3 Å². The molecule has 0 aliphatic heterocycles. The third kappa shape index (κ3) is 4.20. The number of carbonyl (C=O) groups is 1. The monoisotopic (exact) mass is 380 g/mol. The maximum atomic E-state index is 13.0. The van der Waals surface area contributed by atoms with Crippen LogP contribution in [0.1, 0.15) is 28.9 Å². The van der Waals surface area contributed by atoms with Crippen molar-refractivity contribution in [2.45, 2.75) is 17.9 Å². The summed E-state index contributed by atoms with van der Waals surface area (Å²) >= 11 is 0.